The van der Waals surface area contributed by atoms with Crippen LogP contribution >= 0.6 is 11.6 Å². The zero-order valence-corrected chi connectivity index (χ0v) is 21.5. The molecule has 0 radical (unpaired) electrons. The molecule has 10 heteroatoms. The molecule has 1 aliphatic heterocycles. The number of dihydropyridines is 1. The lowest BCUT2D eigenvalue weighted by atomic mass is 10.0. The first-order valence-corrected chi connectivity index (χ1v) is 11.8. The van der Waals surface area contributed by atoms with Crippen molar-refractivity contribution < 1.29 is 14.2 Å². The maximum absolute atomic E-state index is 13.4. The number of nitrogens with zero attached hydrogens (tertiary/aromatic N) is 5. The van der Waals surface area contributed by atoms with Crippen molar-refractivity contribution in [3.63, 3.8) is 0 Å². The van der Waals surface area contributed by atoms with E-state index in [9.17, 15) is 14.3 Å². The number of aliphatic imine (C=N–C) groups is 1. The van der Waals surface area contributed by atoms with Crippen molar-refractivity contribution >= 4 is 23.0 Å². The highest BCUT2D eigenvalue weighted by Crippen LogP contribution is 2.28. The van der Waals surface area contributed by atoms with E-state index in [4.69, 9.17) is 16.3 Å². The van der Waals surface area contributed by atoms with Crippen LogP contribution in [-0.4, -0.2) is 36.9 Å². The van der Waals surface area contributed by atoms with Gasteiger partial charge in [-0.3, -0.25) is 19.3 Å². The molecule has 4 heterocycles. The molecule has 4 rings (SSSR count). The summed E-state index contributed by atoms with van der Waals surface area (Å²) in [5, 5.41) is 10.2. The molecule has 1 atom stereocenters. The number of pyridine rings is 2. The minimum absolute atomic E-state index is 0.0435. The quantitative estimate of drug-likeness (QED) is 0.531. The van der Waals surface area contributed by atoms with E-state index in [1.165, 1.54) is 6.07 Å². The molecular formula is C26H27ClFN5O3. The summed E-state index contributed by atoms with van der Waals surface area (Å²) in [6, 6.07) is 4.77. The number of ether oxygens (including phenoxy) is 1. The molecule has 0 aliphatic carbocycles. The van der Waals surface area contributed by atoms with Gasteiger partial charge in [0.1, 0.15) is 28.8 Å². The van der Waals surface area contributed by atoms with Crippen molar-refractivity contribution in [1.82, 2.24) is 19.5 Å². The van der Waals surface area contributed by atoms with Gasteiger partial charge in [0.2, 0.25) is 0 Å². The smallest absolute Gasteiger partial charge is 0.277 e. The largest absolute Gasteiger partial charge is 0.485 e. The van der Waals surface area contributed by atoms with Gasteiger partial charge in [-0.1, -0.05) is 18.5 Å². The highest BCUT2D eigenvalue weighted by atomic mass is 35.5. The van der Waals surface area contributed by atoms with Crippen LogP contribution in [0.1, 0.15) is 49.2 Å². The first kappa shape index (κ1) is 25.7. The zero-order valence-electron chi connectivity index (χ0n) is 20.7. The third-order valence-electron chi connectivity index (χ3n) is 5.87. The number of halogens is 2. The van der Waals surface area contributed by atoms with Gasteiger partial charge in [0, 0.05) is 36.1 Å². The Hall–Kier alpha value is -3.43. The number of hydrogen-bond acceptors (Lipinski definition) is 7. The Morgan fingerprint density at radius 2 is 2.03 bits per heavy atom. The molecular weight excluding hydrogens is 485 g/mol. The molecule has 8 nitrogen and oxygen atoms in total. The highest BCUT2D eigenvalue weighted by molar-refractivity contribution is 6.31. The average Bonchev–Trinajstić information content (AvgIpc) is 2.82. The van der Waals surface area contributed by atoms with Gasteiger partial charge in [0.25, 0.3) is 5.56 Å². The highest BCUT2D eigenvalue weighted by Gasteiger charge is 2.25. The van der Waals surface area contributed by atoms with Crippen LogP contribution in [0.25, 0.3) is 5.70 Å². The Labute approximate surface area is 213 Å². The van der Waals surface area contributed by atoms with Gasteiger partial charge in [-0.2, -0.15) is 0 Å². The predicted octanol–water partition coefficient (Wildman–Crippen LogP) is 4.23. The summed E-state index contributed by atoms with van der Waals surface area (Å²) in [5.74, 6) is 0.0166. The monoisotopic (exact) mass is 511 g/mol. The average molecular weight is 512 g/mol. The van der Waals surface area contributed by atoms with Gasteiger partial charge in [-0.05, 0) is 51.5 Å². The van der Waals surface area contributed by atoms with E-state index in [1.807, 2.05) is 13.0 Å². The van der Waals surface area contributed by atoms with E-state index < -0.39 is 17.0 Å². The molecule has 0 fully saturated rings. The van der Waals surface area contributed by atoms with Crippen LogP contribution in [0, 0.1) is 25.6 Å². The van der Waals surface area contributed by atoms with Crippen molar-refractivity contribution in [2.45, 2.75) is 46.8 Å². The van der Waals surface area contributed by atoms with Gasteiger partial charge < -0.3 is 9.84 Å². The molecule has 1 aliphatic rings. The van der Waals surface area contributed by atoms with E-state index >= 15 is 0 Å². The van der Waals surface area contributed by atoms with Crippen LogP contribution in [0.2, 0.25) is 5.02 Å². The third-order valence-corrected chi connectivity index (χ3v) is 6.21. The van der Waals surface area contributed by atoms with Gasteiger partial charge in [0.05, 0.1) is 23.3 Å². The van der Waals surface area contributed by atoms with E-state index in [0.29, 0.717) is 34.9 Å². The van der Waals surface area contributed by atoms with Crippen LogP contribution in [0.3, 0.4) is 0 Å². The third kappa shape index (κ3) is 5.22. The summed E-state index contributed by atoms with van der Waals surface area (Å²) in [5.41, 5.74) is 2.04. The fourth-order valence-corrected chi connectivity index (χ4v) is 4.06. The molecule has 0 spiro atoms. The van der Waals surface area contributed by atoms with Gasteiger partial charge in [-0.15, -0.1) is 0 Å². The second-order valence-corrected chi connectivity index (χ2v) is 9.71. The number of allylic oxidation sites excluding steroid dienone is 1. The summed E-state index contributed by atoms with van der Waals surface area (Å²) >= 11 is 6.45. The Morgan fingerprint density at radius 3 is 2.72 bits per heavy atom. The van der Waals surface area contributed by atoms with Gasteiger partial charge in [0.15, 0.2) is 5.82 Å². The lowest BCUT2D eigenvalue weighted by Crippen LogP contribution is -2.29. The molecule has 3 aromatic rings. The van der Waals surface area contributed by atoms with Crippen molar-refractivity contribution in [3.8, 4) is 5.75 Å². The van der Waals surface area contributed by atoms with Crippen LogP contribution in [0.4, 0.5) is 4.39 Å². The Kier molecular flexibility index (Phi) is 7.06. The Balaban J connectivity index is 1.68. The Bertz CT molecular complexity index is 1440. The van der Waals surface area contributed by atoms with Gasteiger partial charge >= 0.3 is 0 Å². The second kappa shape index (κ2) is 9.91. The molecule has 0 amide bonds. The van der Waals surface area contributed by atoms with E-state index in [-0.39, 0.29) is 29.1 Å². The molecule has 0 aromatic carbocycles. The summed E-state index contributed by atoms with van der Waals surface area (Å²) in [6.07, 6.45) is 4.50. The number of aromatic nitrogens is 4. The summed E-state index contributed by atoms with van der Waals surface area (Å²) in [6.45, 7) is 9.21. The fraction of sp³-hybridized carbons (Fsp3) is 0.346. The number of rotatable bonds is 6. The zero-order chi connectivity index (χ0) is 26.2. The molecule has 0 saturated heterocycles. The number of hydrogen-bond donors (Lipinski definition) is 1. The Morgan fingerprint density at radius 1 is 1.28 bits per heavy atom. The maximum Gasteiger partial charge on any atom is 0.277 e. The number of aliphatic hydroxyl groups is 1. The molecule has 1 N–H and O–H groups in total. The summed E-state index contributed by atoms with van der Waals surface area (Å²) < 4.78 is 20.7. The van der Waals surface area contributed by atoms with Crippen LogP contribution in [0.15, 0.2) is 46.5 Å². The molecule has 0 bridgehead atoms. The van der Waals surface area contributed by atoms with Crippen molar-refractivity contribution in [2.75, 3.05) is 6.54 Å². The first-order valence-electron chi connectivity index (χ1n) is 11.4. The van der Waals surface area contributed by atoms with Crippen molar-refractivity contribution in [2.24, 2.45) is 10.9 Å². The standard InChI is InChI=1S/C26H27ClFN5O3/c1-14-8-17(28)12-31-20(14)13-36-22-9-16(3)33(24(34)23(22)27)21-10-19(30-11-15(21)2)18-6-7-29-25(32-18)26(4,5)35/h6-10,12,15,35H,11,13H2,1-5H3/t15-/m1/s1. The maximum atomic E-state index is 13.4. The summed E-state index contributed by atoms with van der Waals surface area (Å²) in [7, 11) is 0. The molecule has 188 valence electrons. The molecule has 3 aromatic heterocycles. The SMILES string of the molecule is Cc1cc(F)cnc1COc1cc(C)n(C2=CC(c3ccnc(C(C)(C)O)n3)=NC[C@H]2C)c(=O)c1Cl. The predicted molar refractivity (Wildman–Crippen MR) is 136 cm³/mol. The fourth-order valence-electron chi connectivity index (χ4n) is 3.87. The van der Waals surface area contributed by atoms with E-state index in [0.717, 1.165) is 11.9 Å². The van der Waals surface area contributed by atoms with Crippen LogP contribution < -0.4 is 10.3 Å². The minimum atomic E-state index is -1.20. The van der Waals surface area contributed by atoms with E-state index in [2.05, 4.69) is 19.9 Å². The van der Waals surface area contributed by atoms with Gasteiger partial charge in [-0.25, -0.2) is 14.4 Å². The van der Waals surface area contributed by atoms with E-state index in [1.54, 1.807) is 50.6 Å². The van der Waals surface area contributed by atoms with Crippen LogP contribution in [-0.2, 0) is 12.2 Å². The normalized spacial score (nSPS) is 15.9. The molecule has 0 unspecified atom stereocenters. The van der Waals surface area contributed by atoms with Crippen molar-refractivity contribution in [1.29, 1.82) is 0 Å². The second-order valence-electron chi connectivity index (χ2n) is 9.33. The van der Waals surface area contributed by atoms with Crippen molar-refractivity contribution in [3.05, 3.63) is 86.3 Å². The molecule has 0 saturated carbocycles. The first-order chi connectivity index (χ1) is 17.0. The molecule has 36 heavy (non-hydrogen) atoms. The van der Waals surface area contributed by atoms with Crippen LogP contribution in [0.5, 0.6) is 5.75 Å². The summed E-state index contributed by atoms with van der Waals surface area (Å²) in [4.78, 5) is 30.6. The number of aryl methyl sites for hydroxylation is 2. The topological polar surface area (TPSA) is 102 Å². The minimum Gasteiger partial charge on any atom is -0.485 e. The lowest BCUT2D eigenvalue weighted by molar-refractivity contribution is 0.0686. The lowest BCUT2D eigenvalue weighted by Gasteiger charge is -2.24.